The Morgan fingerprint density at radius 1 is 0.840 bits per heavy atom. The molecule has 2 aliphatic heterocycles. The van der Waals surface area contributed by atoms with Crippen molar-refractivity contribution in [2.24, 2.45) is 17.8 Å². The molecule has 3 heterocycles. The lowest BCUT2D eigenvalue weighted by Crippen LogP contribution is -2.39. The van der Waals surface area contributed by atoms with Crippen LogP contribution < -0.4 is 0 Å². The van der Waals surface area contributed by atoms with Crippen molar-refractivity contribution in [3.05, 3.63) is 11.6 Å². The standard InChI is InChI=1S/C20H30N4O/c25-20(18-15-6-3-4-7-16(15)18)23-12-9-14(10-13-23)19-22-21-17-8-2-1-5-11-24(17)19/h14-16,18H,1-13H2/t15-,16+,18?. The van der Waals surface area contributed by atoms with Crippen LogP contribution in [-0.4, -0.2) is 38.7 Å². The van der Waals surface area contributed by atoms with Gasteiger partial charge in [0.2, 0.25) is 5.91 Å². The van der Waals surface area contributed by atoms with Crippen molar-refractivity contribution in [2.75, 3.05) is 13.1 Å². The minimum atomic E-state index is 0.378. The molecule has 3 fully saturated rings. The van der Waals surface area contributed by atoms with Gasteiger partial charge in [-0.3, -0.25) is 4.79 Å². The summed E-state index contributed by atoms with van der Waals surface area (Å²) in [6.07, 6.45) is 12.3. The molecule has 25 heavy (non-hydrogen) atoms. The van der Waals surface area contributed by atoms with Crippen LogP contribution in [0.25, 0.3) is 0 Å². The van der Waals surface area contributed by atoms with Crippen molar-refractivity contribution >= 4 is 5.91 Å². The number of rotatable bonds is 2. The van der Waals surface area contributed by atoms with E-state index in [1.807, 2.05) is 0 Å². The van der Waals surface area contributed by atoms with Crippen molar-refractivity contribution in [3.8, 4) is 0 Å². The number of amides is 1. The molecule has 0 spiro atoms. The molecule has 5 nitrogen and oxygen atoms in total. The van der Waals surface area contributed by atoms with E-state index in [1.54, 1.807) is 0 Å². The zero-order valence-corrected chi connectivity index (χ0v) is 15.2. The van der Waals surface area contributed by atoms with Crippen LogP contribution in [0.15, 0.2) is 0 Å². The molecule has 1 aromatic rings. The summed E-state index contributed by atoms with van der Waals surface area (Å²) in [5, 5.41) is 9.01. The summed E-state index contributed by atoms with van der Waals surface area (Å²) < 4.78 is 2.39. The van der Waals surface area contributed by atoms with Gasteiger partial charge in [0.05, 0.1) is 0 Å². The Labute approximate surface area is 150 Å². The molecule has 1 amide bonds. The number of hydrogen-bond donors (Lipinski definition) is 0. The SMILES string of the molecule is O=C(C1[C@H]2CCCC[C@@H]12)N1CCC(c2nnc3n2CCCCC3)CC1. The van der Waals surface area contributed by atoms with Crippen LogP contribution in [0.4, 0.5) is 0 Å². The van der Waals surface area contributed by atoms with Gasteiger partial charge in [-0.25, -0.2) is 0 Å². The summed E-state index contributed by atoms with van der Waals surface area (Å²) in [4.78, 5) is 15.1. The number of fused-ring (bicyclic) bond motifs is 2. The predicted molar refractivity (Wildman–Crippen MR) is 95.1 cm³/mol. The van der Waals surface area contributed by atoms with Crippen molar-refractivity contribution < 1.29 is 4.79 Å². The van der Waals surface area contributed by atoms with Gasteiger partial charge in [0.25, 0.3) is 0 Å². The lowest BCUT2D eigenvalue weighted by Gasteiger charge is -2.32. The molecule has 2 aliphatic carbocycles. The molecular formula is C20H30N4O. The highest BCUT2D eigenvalue weighted by Crippen LogP contribution is 2.56. The summed E-state index contributed by atoms with van der Waals surface area (Å²) in [6, 6.07) is 0. The number of piperidine rings is 1. The quantitative estimate of drug-likeness (QED) is 0.829. The molecule has 5 heteroatoms. The molecular weight excluding hydrogens is 312 g/mol. The van der Waals surface area contributed by atoms with Crippen LogP contribution in [0.2, 0.25) is 0 Å². The van der Waals surface area contributed by atoms with Crippen molar-refractivity contribution in [2.45, 2.75) is 76.7 Å². The van der Waals surface area contributed by atoms with Gasteiger partial charge in [-0.1, -0.05) is 19.3 Å². The summed E-state index contributed by atoms with van der Waals surface area (Å²) in [6.45, 7) is 2.92. The van der Waals surface area contributed by atoms with Gasteiger partial charge in [0, 0.05) is 37.9 Å². The van der Waals surface area contributed by atoms with Crippen LogP contribution in [0.3, 0.4) is 0 Å². The van der Waals surface area contributed by atoms with Crippen LogP contribution in [0.5, 0.6) is 0 Å². The fraction of sp³-hybridized carbons (Fsp3) is 0.850. The molecule has 1 saturated heterocycles. The topological polar surface area (TPSA) is 51.0 Å². The Morgan fingerprint density at radius 3 is 2.36 bits per heavy atom. The molecule has 136 valence electrons. The first-order chi connectivity index (χ1) is 12.3. The van der Waals surface area contributed by atoms with Gasteiger partial charge >= 0.3 is 0 Å². The third-order valence-corrected chi connectivity index (χ3v) is 7.25. The average Bonchev–Trinajstić information content (AvgIpc) is 3.33. The molecule has 1 aromatic heterocycles. The highest BCUT2D eigenvalue weighted by Gasteiger charge is 2.55. The van der Waals surface area contributed by atoms with Crippen LogP contribution >= 0.6 is 0 Å². The van der Waals surface area contributed by atoms with Gasteiger partial charge in [-0.2, -0.15) is 0 Å². The third kappa shape index (κ3) is 2.80. The normalized spacial score (nSPS) is 32.6. The monoisotopic (exact) mass is 342 g/mol. The second kappa shape index (κ2) is 6.40. The van der Waals surface area contributed by atoms with Gasteiger partial charge in [0.1, 0.15) is 11.6 Å². The number of aryl methyl sites for hydroxylation is 1. The highest BCUT2D eigenvalue weighted by atomic mass is 16.2. The van der Waals surface area contributed by atoms with E-state index in [0.717, 1.165) is 50.7 Å². The first kappa shape index (κ1) is 15.8. The molecule has 1 unspecified atom stereocenters. The van der Waals surface area contributed by atoms with E-state index in [0.29, 0.717) is 17.7 Å². The van der Waals surface area contributed by atoms with Crippen LogP contribution in [0, 0.1) is 17.8 Å². The van der Waals surface area contributed by atoms with Gasteiger partial charge in [0.15, 0.2) is 0 Å². The maximum atomic E-state index is 12.9. The maximum Gasteiger partial charge on any atom is 0.226 e. The summed E-state index contributed by atoms with van der Waals surface area (Å²) in [5.41, 5.74) is 0. The zero-order valence-electron chi connectivity index (χ0n) is 15.2. The number of likely N-dealkylation sites (tertiary alicyclic amines) is 1. The lowest BCUT2D eigenvalue weighted by atomic mass is 9.95. The molecule has 4 aliphatic rings. The van der Waals surface area contributed by atoms with E-state index in [-0.39, 0.29) is 0 Å². The number of carbonyl (C=O) groups excluding carboxylic acids is 1. The fourth-order valence-corrected chi connectivity index (χ4v) is 5.74. The average molecular weight is 342 g/mol. The first-order valence-electron chi connectivity index (χ1n) is 10.5. The molecule has 3 atom stereocenters. The highest BCUT2D eigenvalue weighted by molar-refractivity contribution is 5.82. The maximum absolute atomic E-state index is 12.9. The Kier molecular flexibility index (Phi) is 4.05. The number of nitrogens with zero attached hydrogens (tertiary/aromatic N) is 4. The zero-order chi connectivity index (χ0) is 16.8. The van der Waals surface area contributed by atoms with E-state index in [1.165, 1.54) is 56.6 Å². The van der Waals surface area contributed by atoms with Gasteiger partial charge in [-0.15, -0.1) is 10.2 Å². The first-order valence-corrected chi connectivity index (χ1v) is 10.5. The number of hydrogen-bond acceptors (Lipinski definition) is 3. The molecule has 5 rings (SSSR count). The van der Waals surface area contributed by atoms with Crippen LogP contribution in [0.1, 0.15) is 75.4 Å². The van der Waals surface area contributed by atoms with Crippen molar-refractivity contribution in [1.29, 1.82) is 0 Å². The van der Waals surface area contributed by atoms with E-state index in [2.05, 4.69) is 19.7 Å². The summed E-state index contributed by atoms with van der Waals surface area (Å²) >= 11 is 0. The van der Waals surface area contributed by atoms with Crippen molar-refractivity contribution in [1.82, 2.24) is 19.7 Å². The Balaban J connectivity index is 1.22. The third-order valence-electron chi connectivity index (χ3n) is 7.25. The second-order valence-corrected chi connectivity index (χ2v) is 8.67. The van der Waals surface area contributed by atoms with E-state index in [4.69, 9.17) is 0 Å². The van der Waals surface area contributed by atoms with E-state index < -0.39 is 0 Å². The minimum Gasteiger partial charge on any atom is -0.342 e. The smallest absolute Gasteiger partial charge is 0.226 e. The Hall–Kier alpha value is -1.39. The van der Waals surface area contributed by atoms with Crippen molar-refractivity contribution in [3.63, 3.8) is 0 Å². The number of carbonyl (C=O) groups is 1. The lowest BCUT2D eigenvalue weighted by molar-refractivity contribution is -0.134. The van der Waals surface area contributed by atoms with E-state index in [9.17, 15) is 4.79 Å². The van der Waals surface area contributed by atoms with Crippen LogP contribution in [-0.2, 0) is 17.8 Å². The Morgan fingerprint density at radius 2 is 1.60 bits per heavy atom. The summed E-state index contributed by atoms with van der Waals surface area (Å²) in [5.74, 6) is 5.18. The largest absolute Gasteiger partial charge is 0.342 e. The molecule has 0 aromatic carbocycles. The second-order valence-electron chi connectivity index (χ2n) is 8.67. The number of aromatic nitrogens is 3. The summed E-state index contributed by atoms with van der Waals surface area (Å²) in [7, 11) is 0. The Bertz CT molecular complexity index is 634. The van der Waals surface area contributed by atoms with Gasteiger partial charge < -0.3 is 9.47 Å². The predicted octanol–water partition coefficient (Wildman–Crippen LogP) is 3.15. The minimum absolute atomic E-state index is 0.378. The molecule has 0 radical (unpaired) electrons. The molecule has 0 N–H and O–H groups in total. The van der Waals surface area contributed by atoms with E-state index >= 15 is 0 Å². The molecule has 2 saturated carbocycles. The molecule has 0 bridgehead atoms. The van der Waals surface area contributed by atoms with Gasteiger partial charge in [-0.05, 0) is 50.4 Å². The fourth-order valence-electron chi connectivity index (χ4n) is 5.74.